The molecule has 12 heavy (non-hydrogen) atoms. The van der Waals surface area contributed by atoms with E-state index in [1.165, 1.54) is 19.3 Å². The molecule has 1 spiro atoms. The summed E-state index contributed by atoms with van der Waals surface area (Å²) in [7, 11) is 0. The lowest BCUT2D eigenvalue weighted by atomic mass is 9.55. The van der Waals surface area contributed by atoms with Crippen LogP contribution < -0.4 is 0 Å². The number of carbonyl (C=O) groups is 1. The summed E-state index contributed by atoms with van der Waals surface area (Å²) in [6.45, 7) is 1.85. The lowest BCUT2D eigenvalue weighted by Gasteiger charge is -2.53. The quantitative estimate of drug-likeness (QED) is 0.591. The molecule has 2 heteroatoms. The first kappa shape index (κ1) is 8.09. The van der Waals surface area contributed by atoms with E-state index in [-0.39, 0.29) is 12.1 Å². The molecule has 2 aliphatic carbocycles. The van der Waals surface area contributed by atoms with Crippen molar-refractivity contribution in [1.82, 2.24) is 0 Å². The lowest BCUT2D eigenvalue weighted by Crippen LogP contribution is -2.47. The highest BCUT2D eigenvalue weighted by Crippen LogP contribution is 2.56. The number of esters is 1. The molecule has 2 rings (SSSR count). The fraction of sp³-hybridized carbons (Fsp3) is 0.900. The summed E-state index contributed by atoms with van der Waals surface area (Å²) in [5.74, 6) is -0.0332. The fourth-order valence-corrected chi connectivity index (χ4v) is 2.34. The van der Waals surface area contributed by atoms with Gasteiger partial charge in [0.15, 0.2) is 0 Å². The molecule has 0 saturated heterocycles. The van der Waals surface area contributed by atoms with Gasteiger partial charge in [0.25, 0.3) is 0 Å². The van der Waals surface area contributed by atoms with Crippen LogP contribution in [0.5, 0.6) is 0 Å². The van der Waals surface area contributed by atoms with E-state index in [0.29, 0.717) is 11.8 Å². The van der Waals surface area contributed by atoms with Gasteiger partial charge in [0.05, 0.1) is 0 Å². The third-order valence-corrected chi connectivity index (χ3v) is 3.32. The van der Waals surface area contributed by atoms with Crippen molar-refractivity contribution in [2.24, 2.45) is 5.41 Å². The van der Waals surface area contributed by atoms with Gasteiger partial charge in [0.1, 0.15) is 6.10 Å². The minimum atomic E-state index is -0.0332. The lowest BCUT2D eigenvalue weighted by molar-refractivity contribution is -0.167. The molecular weight excluding hydrogens is 152 g/mol. The van der Waals surface area contributed by atoms with Crippen LogP contribution in [0.1, 0.15) is 45.4 Å². The van der Waals surface area contributed by atoms with Crippen LogP contribution in [0.3, 0.4) is 0 Å². The smallest absolute Gasteiger partial charge is 0.305 e. The van der Waals surface area contributed by atoms with E-state index in [9.17, 15) is 4.79 Å². The zero-order valence-electron chi connectivity index (χ0n) is 7.64. The minimum Gasteiger partial charge on any atom is -0.462 e. The monoisotopic (exact) mass is 168 g/mol. The second-order valence-electron chi connectivity index (χ2n) is 4.23. The minimum absolute atomic E-state index is 0.0332. The molecule has 68 valence electrons. The van der Waals surface area contributed by atoms with Crippen LogP contribution >= 0.6 is 0 Å². The molecule has 0 unspecified atom stereocenters. The van der Waals surface area contributed by atoms with Crippen LogP contribution in [-0.4, -0.2) is 12.1 Å². The Morgan fingerprint density at radius 2 is 2.17 bits per heavy atom. The van der Waals surface area contributed by atoms with Crippen molar-refractivity contribution in [3.63, 3.8) is 0 Å². The Labute approximate surface area is 73.3 Å². The zero-order valence-corrected chi connectivity index (χ0v) is 7.64. The molecular formula is C10H16O2. The molecule has 2 aliphatic rings. The van der Waals surface area contributed by atoms with Gasteiger partial charge >= 0.3 is 5.97 Å². The van der Waals surface area contributed by atoms with Gasteiger partial charge in [-0.25, -0.2) is 0 Å². The molecule has 2 saturated carbocycles. The molecule has 2 nitrogen and oxygen atoms in total. The molecule has 0 aromatic heterocycles. The number of hydrogen-bond acceptors (Lipinski definition) is 2. The first-order valence-corrected chi connectivity index (χ1v) is 4.94. The Bertz CT molecular complexity index is 186. The third-order valence-electron chi connectivity index (χ3n) is 3.32. The zero-order chi connectivity index (χ0) is 8.60. The van der Waals surface area contributed by atoms with E-state index in [4.69, 9.17) is 4.74 Å². The van der Waals surface area contributed by atoms with E-state index in [0.717, 1.165) is 12.8 Å². The maximum atomic E-state index is 10.9. The van der Waals surface area contributed by atoms with Gasteiger partial charge in [-0.15, -0.1) is 0 Å². The van der Waals surface area contributed by atoms with E-state index in [1.807, 2.05) is 6.92 Å². The molecule has 2 fully saturated rings. The van der Waals surface area contributed by atoms with Crippen molar-refractivity contribution in [3.8, 4) is 0 Å². The van der Waals surface area contributed by atoms with Crippen LogP contribution in [0, 0.1) is 5.41 Å². The normalized spacial score (nSPS) is 26.1. The Morgan fingerprint density at radius 1 is 1.50 bits per heavy atom. The molecule has 0 atom stereocenters. The van der Waals surface area contributed by atoms with Gasteiger partial charge in [0.2, 0.25) is 0 Å². The number of hydrogen-bond donors (Lipinski definition) is 0. The Kier molecular flexibility index (Phi) is 1.85. The standard InChI is InChI=1S/C10H16O2/c1-2-9(11)12-8-6-10(7-8)4-3-5-10/h8H,2-7H2,1H3. The van der Waals surface area contributed by atoms with Gasteiger partial charge in [0, 0.05) is 6.42 Å². The van der Waals surface area contributed by atoms with Crippen LogP contribution in [0.25, 0.3) is 0 Å². The van der Waals surface area contributed by atoms with Crippen molar-refractivity contribution in [2.45, 2.75) is 51.6 Å². The van der Waals surface area contributed by atoms with Crippen LogP contribution in [0.4, 0.5) is 0 Å². The Balaban J connectivity index is 1.71. The SMILES string of the molecule is CCC(=O)OC1CC2(CCC2)C1. The summed E-state index contributed by atoms with van der Waals surface area (Å²) in [4.78, 5) is 10.9. The predicted molar refractivity (Wildman–Crippen MR) is 45.7 cm³/mol. The number of ether oxygens (including phenoxy) is 1. The van der Waals surface area contributed by atoms with Crippen molar-refractivity contribution in [2.75, 3.05) is 0 Å². The fourth-order valence-electron chi connectivity index (χ4n) is 2.34. The topological polar surface area (TPSA) is 26.3 Å². The summed E-state index contributed by atoms with van der Waals surface area (Å²) in [6, 6.07) is 0. The summed E-state index contributed by atoms with van der Waals surface area (Å²) in [5, 5.41) is 0. The van der Waals surface area contributed by atoms with Crippen molar-refractivity contribution in [3.05, 3.63) is 0 Å². The van der Waals surface area contributed by atoms with Crippen LogP contribution in [0.15, 0.2) is 0 Å². The first-order chi connectivity index (χ1) is 5.74. The Morgan fingerprint density at radius 3 is 2.58 bits per heavy atom. The number of carbonyl (C=O) groups excluding carboxylic acids is 1. The summed E-state index contributed by atoms with van der Waals surface area (Å²) >= 11 is 0. The van der Waals surface area contributed by atoms with Gasteiger partial charge < -0.3 is 4.74 Å². The maximum absolute atomic E-state index is 10.9. The molecule has 0 N–H and O–H groups in total. The molecule has 0 amide bonds. The van der Waals surface area contributed by atoms with E-state index in [1.54, 1.807) is 0 Å². The van der Waals surface area contributed by atoms with Crippen molar-refractivity contribution < 1.29 is 9.53 Å². The molecule has 0 aromatic rings. The van der Waals surface area contributed by atoms with E-state index >= 15 is 0 Å². The average molecular weight is 168 g/mol. The second kappa shape index (κ2) is 2.75. The van der Waals surface area contributed by atoms with E-state index < -0.39 is 0 Å². The maximum Gasteiger partial charge on any atom is 0.305 e. The first-order valence-electron chi connectivity index (χ1n) is 4.94. The molecule has 0 radical (unpaired) electrons. The highest BCUT2D eigenvalue weighted by Gasteiger charge is 2.49. The molecule has 0 aliphatic heterocycles. The Hall–Kier alpha value is -0.530. The molecule has 0 heterocycles. The number of rotatable bonds is 2. The molecule has 0 aromatic carbocycles. The summed E-state index contributed by atoms with van der Waals surface area (Å²) in [6.07, 6.45) is 7.17. The molecule has 0 bridgehead atoms. The van der Waals surface area contributed by atoms with Gasteiger partial charge in [-0.3, -0.25) is 4.79 Å². The van der Waals surface area contributed by atoms with Crippen LogP contribution in [-0.2, 0) is 9.53 Å². The van der Waals surface area contributed by atoms with Crippen molar-refractivity contribution in [1.29, 1.82) is 0 Å². The second-order valence-corrected chi connectivity index (χ2v) is 4.23. The van der Waals surface area contributed by atoms with Crippen LogP contribution in [0.2, 0.25) is 0 Å². The third kappa shape index (κ3) is 1.23. The largest absolute Gasteiger partial charge is 0.462 e. The summed E-state index contributed by atoms with van der Waals surface area (Å²) in [5.41, 5.74) is 0.624. The van der Waals surface area contributed by atoms with Crippen molar-refractivity contribution >= 4 is 5.97 Å². The summed E-state index contributed by atoms with van der Waals surface area (Å²) < 4.78 is 5.23. The highest BCUT2D eigenvalue weighted by molar-refractivity contribution is 5.69. The predicted octanol–water partition coefficient (Wildman–Crippen LogP) is 2.27. The van der Waals surface area contributed by atoms with E-state index in [2.05, 4.69) is 0 Å². The average Bonchev–Trinajstić information content (AvgIpc) is 1.91. The van der Waals surface area contributed by atoms with Gasteiger partial charge in [-0.2, -0.15) is 0 Å². The highest BCUT2D eigenvalue weighted by atomic mass is 16.5. The van der Waals surface area contributed by atoms with Gasteiger partial charge in [-0.05, 0) is 31.1 Å². The van der Waals surface area contributed by atoms with Gasteiger partial charge in [-0.1, -0.05) is 13.3 Å².